The van der Waals surface area contributed by atoms with Crippen molar-refractivity contribution in [3.8, 4) is 0 Å². The van der Waals surface area contributed by atoms with Crippen LogP contribution in [0.4, 0.5) is 0 Å². The van der Waals surface area contributed by atoms with Gasteiger partial charge in [0.25, 0.3) is 0 Å². The number of nitrogens with zero attached hydrogens (tertiary/aromatic N) is 3. The highest BCUT2D eigenvalue weighted by Gasteiger charge is 2.12. The molecular formula is C13H12N6S. The fourth-order valence-corrected chi connectivity index (χ4v) is 2.84. The molecule has 0 bridgehead atoms. The highest BCUT2D eigenvalue weighted by Crippen LogP contribution is 2.32. The van der Waals surface area contributed by atoms with E-state index in [0.29, 0.717) is 11.2 Å². The fraction of sp³-hybridized carbons (Fsp3) is 0.0769. The molecule has 100 valence electrons. The summed E-state index contributed by atoms with van der Waals surface area (Å²) in [5.41, 5.74) is 8.83. The summed E-state index contributed by atoms with van der Waals surface area (Å²) >= 11 is 1.44. The Hall–Kier alpha value is -2.41. The normalized spacial score (nSPS) is 10.8. The number of hydrogen-bond acceptors (Lipinski definition) is 5. The average Bonchev–Trinajstić information content (AvgIpc) is 2.90. The SMILES string of the molecule is Cc1ccc(Sc2ncnc3nc[nH]c23)c(C(=N)N)c1. The Morgan fingerprint density at radius 1 is 1.30 bits per heavy atom. The van der Waals surface area contributed by atoms with Crippen molar-refractivity contribution in [1.29, 1.82) is 5.41 Å². The van der Waals surface area contributed by atoms with E-state index in [4.69, 9.17) is 11.1 Å². The molecule has 0 saturated heterocycles. The van der Waals surface area contributed by atoms with E-state index in [-0.39, 0.29) is 5.84 Å². The molecule has 0 amide bonds. The number of aryl methyl sites for hydroxylation is 1. The zero-order valence-corrected chi connectivity index (χ0v) is 11.5. The summed E-state index contributed by atoms with van der Waals surface area (Å²) in [7, 11) is 0. The predicted octanol–water partition coefficient (Wildman–Crippen LogP) is 2.10. The first kappa shape index (κ1) is 12.6. The van der Waals surface area contributed by atoms with Crippen LogP contribution in [0.25, 0.3) is 11.2 Å². The molecule has 3 rings (SSSR count). The average molecular weight is 284 g/mol. The quantitative estimate of drug-likeness (QED) is 0.388. The minimum atomic E-state index is 0.0473. The van der Waals surface area contributed by atoms with E-state index < -0.39 is 0 Å². The van der Waals surface area contributed by atoms with E-state index in [1.54, 1.807) is 6.33 Å². The Morgan fingerprint density at radius 2 is 2.15 bits per heavy atom. The fourth-order valence-electron chi connectivity index (χ4n) is 1.87. The maximum atomic E-state index is 7.68. The largest absolute Gasteiger partial charge is 0.384 e. The molecule has 0 fully saturated rings. The number of hydrogen-bond donors (Lipinski definition) is 3. The molecule has 3 aromatic rings. The standard InChI is InChI=1S/C13H12N6S/c1-7-2-3-9(8(4-7)11(14)15)20-13-10-12(17-5-16-10)18-6-19-13/h2-6H,1H3,(H3,14,15)(H,16,17,18,19). The summed E-state index contributed by atoms with van der Waals surface area (Å²) in [5, 5.41) is 8.45. The molecule has 6 nitrogen and oxygen atoms in total. The number of nitrogens with one attached hydrogen (secondary N) is 2. The molecule has 2 aromatic heterocycles. The van der Waals surface area contributed by atoms with Gasteiger partial charge in [-0.25, -0.2) is 15.0 Å². The van der Waals surface area contributed by atoms with Crippen LogP contribution < -0.4 is 5.73 Å². The predicted molar refractivity (Wildman–Crippen MR) is 78.0 cm³/mol. The zero-order valence-electron chi connectivity index (χ0n) is 10.7. The van der Waals surface area contributed by atoms with E-state index in [1.807, 2.05) is 25.1 Å². The van der Waals surface area contributed by atoms with Crippen molar-refractivity contribution in [3.63, 3.8) is 0 Å². The van der Waals surface area contributed by atoms with Gasteiger partial charge in [0.1, 0.15) is 22.7 Å². The summed E-state index contributed by atoms with van der Waals surface area (Å²) in [4.78, 5) is 16.4. The first-order valence-electron chi connectivity index (χ1n) is 5.92. The third-order valence-corrected chi connectivity index (χ3v) is 3.90. The molecule has 0 aliphatic carbocycles. The minimum absolute atomic E-state index is 0.0473. The van der Waals surface area contributed by atoms with Crippen LogP contribution in [0.2, 0.25) is 0 Å². The topological polar surface area (TPSA) is 104 Å². The second-order valence-electron chi connectivity index (χ2n) is 4.30. The zero-order chi connectivity index (χ0) is 14.1. The van der Waals surface area contributed by atoms with Gasteiger partial charge in [-0.2, -0.15) is 0 Å². The minimum Gasteiger partial charge on any atom is -0.384 e. The Bertz CT molecular complexity index is 794. The van der Waals surface area contributed by atoms with Crippen LogP contribution in [-0.2, 0) is 0 Å². The van der Waals surface area contributed by atoms with Crippen molar-refractivity contribution in [2.45, 2.75) is 16.8 Å². The number of aromatic nitrogens is 4. The van der Waals surface area contributed by atoms with Crippen molar-refractivity contribution in [2.75, 3.05) is 0 Å². The van der Waals surface area contributed by atoms with Crippen LogP contribution in [0, 0.1) is 12.3 Å². The highest BCUT2D eigenvalue weighted by molar-refractivity contribution is 7.99. The lowest BCUT2D eigenvalue weighted by Crippen LogP contribution is -2.12. The summed E-state index contributed by atoms with van der Waals surface area (Å²) in [6, 6.07) is 5.83. The lowest BCUT2D eigenvalue weighted by Gasteiger charge is -2.08. The lowest BCUT2D eigenvalue weighted by atomic mass is 10.1. The smallest absolute Gasteiger partial charge is 0.181 e. The monoisotopic (exact) mass is 284 g/mol. The molecule has 0 atom stereocenters. The number of nitrogens with two attached hydrogens (primary N) is 1. The van der Waals surface area contributed by atoms with Gasteiger partial charge in [0.05, 0.1) is 6.33 Å². The number of benzene rings is 1. The van der Waals surface area contributed by atoms with Gasteiger partial charge in [0.2, 0.25) is 0 Å². The van der Waals surface area contributed by atoms with Crippen molar-refractivity contribution in [2.24, 2.45) is 5.73 Å². The third-order valence-electron chi connectivity index (χ3n) is 2.82. The van der Waals surface area contributed by atoms with Gasteiger partial charge in [0, 0.05) is 10.5 Å². The van der Waals surface area contributed by atoms with Crippen LogP contribution in [0.15, 0.2) is 40.8 Å². The molecule has 2 heterocycles. The van der Waals surface area contributed by atoms with Gasteiger partial charge in [-0.05, 0) is 19.1 Å². The molecule has 1 aromatic carbocycles. The maximum absolute atomic E-state index is 7.68. The summed E-state index contributed by atoms with van der Waals surface area (Å²) < 4.78 is 0. The number of H-pyrrole nitrogens is 1. The van der Waals surface area contributed by atoms with Crippen LogP contribution >= 0.6 is 11.8 Å². The van der Waals surface area contributed by atoms with E-state index in [9.17, 15) is 0 Å². The van der Waals surface area contributed by atoms with Crippen molar-refractivity contribution in [1.82, 2.24) is 19.9 Å². The van der Waals surface area contributed by atoms with Gasteiger partial charge in [-0.3, -0.25) is 5.41 Å². The van der Waals surface area contributed by atoms with Gasteiger partial charge in [-0.15, -0.1) is 0 Å². The second-order valence-corrected chi connectivity index (χ2v) is 5.33. The van der Waals surface area contributed by atoms with E-state index in [1.165, 1.54) is 18.1 Å². The molecule has 0 radical (unpaired) electrons. The van der Waals surface area contributed by atoms with E-state index >= 15 is 0 Å². The maximum Gasteiger partial charge on any atom is 0.181 e. The Labute approximate surface area is 119 Å². The van der Waals surface area contributed by atoms with Crippen molar-refractivity contribution in [3.05, 3.63) is 42.0 Å². The van der Waals surface area contributed by atoms with E-state index in [2.05, 4.69) is 19.9 Å². The van der Waals surface area contributed by atoms with Crippen LogP contribution in [0.1, 0.15) is 11.1 Å². The number of nitrogen functional groups attached to an aromatic ring is 1. The molecule has 0 saturated carbocycles. The molecule has 4 N–H and O–H groups in total. The lowest BCUT2D eigenvalue weighted by molar-refractivity contribution is 1.08. The third kappa shape index (κ3) is 2.23. The molecule has 7 heteroatoms. The van der Waals surface area contributed by atoms with Gasteiger partial charge in [0.15, 0.2) is 5.65 Å². The molecule has 0 spiro atoms. The van der Waals surface area contributed by atoms with E-state index in [0.717, 1.165) is 21.0 Å². The molecular weight excluding hydrogens is 272 g/mol. The Balaban J connectivity index is 2.07. The highest BCUT2D eigenvalue weighted by atomic mass is 32.2. The second kappa shape index (κ2) is 4.93. The summed E-state index contributed by atoms with van der Waals surface area (Å²) in [5.74, 6) is 0.0473. The molecule has 0 aliphatic heterocycles. The Kier molecular flexibility index (Phi) is 3.11. The summed E-state index contributed by atoms with van der Waals surface area (Å²) in [6.45, 7) is 1.97. The molecule has 0 unspecified atom stereocenters. The number of rotatable bonds is 3. The molecule has 20 heavy (non-hydrogen) atoms. The van der Waals surface area contributed by atoms with Gasteiger partial charge >= 0.3 is 0 Å². The summed E-state index contributed by atoms with van der Waals surface area (Å²) in [6.07, 6.45) is 3.07. The van der Waals surface area contributed by atoms with Gasteiger partial charge in [-0.1, -0.05) is 23.4 Å². The molecule has 0 aliphatic rings. The van der Waals surface area contributed by atoms with Gasteiger partial charge < -0.3 is 10.7 Å². The first-order chi connectivity index (χ1) is 9.65. The van der Waals surface area contributed by atoms with Crippen LogP contribution in [0.3, 0.4) is 0 Å². The number of aromatic amines is 1. The van der Waals surface area contributed by atoms with Crippen molar-refractivity contribution < 1.29 is 0 Å². The van der Waals surface area contributed by atoms with Crippen molar-refractivity contribution >= 4 is 28.8 Å². The number of amidine groups is 1. The van der Waals surface area contributed by atoms with Crippen LogP contribution in [-0.4, -0.2) is 25.8 Å². The first-order valence-corrected chi connectivity index (χ1v) is 6.74. The number of imidazole rings is 1. The van der Waals surface area contributed by atoms with Crippen LogP contribution in [0.5, 0.6) is 0 Å². The Morgan fingerprint density at radius 3 is 2.95 bits per heavy atom. The number of fused-ring (bicyclic) bond motifs is 1.